The van der Waals surface area contributed by atoms with Crippen molar-refractivity contribution in [2.45, 2.75) is 27.7 Å². The third kappa shape index (κ3) is 5.49. The van der Waals surface area contributed by atoms with Crippen molar-refractivity contribution in [3.05, 3.63) is 59.2 Å². The van der Waals surface area contributed by atoms with Gasteiger partial charge in [-0.2, -0.15) is 0 Å². The van der Waals surface area contributed by atoms with Crippen molar-refractivity contribution in [2.75, 3.05) is 0 Å². The van der Waals surface area contributed by atoms with E-state index >= 15 is 0 Å². The molecule has 0 saturated carbocycles. The molecule has 0 saturated heterocycles. The predicted molar refractivity (Wildman–Crippen MR) is 80.9 cm³/mol. The molecule has 0 aliphatic carbocycles. The van der Waals surface area contributed by atoms with Gasteiger partial charge in [0.05, 0.1) is 0 Å². The summed E-state index contributed by atoms with van der Waals surface area (Å²) in [5, 5.41) is 0. The molecule has 6 heteroatoms. The minimum absolute atomic E-state index is 0.215. The average molecular weight is 628 g/mol. The van der Waals surface area contributed by atoms with Crippen LogP contribution in [0.25, 0.3) is 0 Å². The summed E-state index contributed by atoms with van der Waals surface area (Å²) < 4.78 is 4.89. The van der Waals surface area contributed by atoms with Gasteiger partial charge >= 0.3 is 156 Å². The molecular weight excluding hydrogens is 610 g/mol. The number of aromatic nitrogens is 2. The number of nitrogens with zero attached hydrogens (tertiary/aromatic N) is 2. The third-order valence-corrected chi connectivity index (χ3v) is 6.65. The Morgan fingerprint density at radius 3 is 1.20 bits per heavy atom. The Bertz CT molecular complexity index is 487. The van der Waals surface area contributed by atoms with Gasteiger partial charge in [-0.05, 0) is 0 Å². The van der Waals surface area contributed by atoms with Crippen molar-refractivity contribution < 1.29 is 44.1 Å². The topological polar surface area (TPSA) is 7.76 Å². The molecular formula is C14H18Br2I2N2. The molecule has 0 unspecified atom stereocenters. The van der Waals surface area contributed by atoms with Crippen LogP contribution in [-0.2, 0) is 0 Å². The summed E-state index contributed by atoms with van der Waals surface area (Å²) >= 11 is 6.34. The Kier molecular flexibility index (Phi) is 9.08. The Hall–Kier alpha value is 0.720. The summed E-state index contributed by atoms with van der Waals surface area (Å²) in [5.74, 6) is 0. The molecule has 112 valence electrons. The molecule has 2 heterocycles. The second-order valence-corrected chi connectivity index (χ2v) is 16.4. The first-order chi connectivity index (χ1) is 9.51. The number of rotatable bonds is 2. The summed E-state index contributed by atoms with van der Waals surface area (Å²) in [6, 6.07) is 13.0. The van der Waals surface area contributed by atoms with E-state index in [1.807, 2.05) is 0 Å². The van der Waals surface area contributed by atoms with E-state index in [0.29, 0.717) is 0 Å². The van der Waals surface area contributed by atoms with E-state index in [1.54, 1.807) is 0 Å². The Balaban J connectivity index is 0.000000612. The van der Waals surface area contributed by atoms with Gasteiger partial charge in [0.15, 0.2) is 0 Å². The second-order valence-electron chi connectivity index (χ2n) is 4.31. The third-order valence-electron chi connectivity index (χ3n) is 2.74. The summed E-state index contributed by atoms with van der Waals surface area (Å²) in [6.07, 6.45) is 0. The van der Waals surface area contributed by atoms with Gasteiger partial charge in [0.25, 0.3) is 0 Å². The molecule has 0 fully saturated rings. The molecule has 0 spiro atoms. The molecule has 0 aliphatic heterocycles. The van der Waals surface area contributed by atoms with Crippen molar-refractivity contribution in [2.24, 2.45) is 0 Å². The summed E-state index contributed by atoms with van der Waals surface area (Å²) in [6.45, 7) is 8.73. The predicted octanol–water partition coefficient (Wildman–Crippen LogP) is -2.49. The van der Waals surface area contributed by atoms with E-state index in [0.717, 1.165) is 0 Å². The molecule has 0 atom stereocenters. The first kappa shape index (κ1) is 18.8. The fourth-order valence-corrected chi connectivity index (χ4v) is 4.22. The van der Waals surface area contributed by atoms with Crippen molar-refractivity contribution in [3.8, 4) is 0 Å². The molecule has 20 heavy (non-hydrogen) atoms. The van der Waals surface area contributed by atoms with E-state index in [1.165, 1.54) is 22.8 Å². The van der Waals surface area contributed by atoms with Crippen LogP contribution in [0, 0.1) is 27.7 Å². The van der Waals surface area contributed by atoms with Gasteiger partial charge in [-0.3, -0.25) is 0 Å². The maximum absolute atomic E-state index is 3.17. The van der Waals surface area contributed by atoms with Gasteiger partial charge in [-0.1, -0.05) is 0 Å². The van der Waals surface area contributed by atoms with Gasteiger partial charge in [-0.15, -0.1) is 0 Å². The van der Waals surface area contributed by atoms with Crippen LogP contribution in [-0.4, -0.2) is 0 Å². The van der Waals surface area contributed by atoms with E-state index in [4.69, 9.17) is 0 Å². The number of hydrogen-bond donors (Lipinski definition) is 0. The van der Waals surface area contributed by atoms with Crippen molar-refractivity contribution in [1.82, 2.24) is 0 Å². The van der Waals surface area contributed by atoms with Gasteiger partial charge in [0, 0.05) is 0 Å². The fourth-order valence-electron chi connectivity index (χ4n) is 1.79. The maximum atomic E-state index is 3.17. The van der Waals surface area contributed by atoms with Crippen molar-refractivity contribution in [3.63, 3.8) is 0 Å². The molecule has 0 bridgehead atoms. The zero-order valence-electron chi connectivity index (χ0n) is 11.9. The standard InChI is InChI=1S/C14H18IN2.Br2I/c1-11-7-5-8-12(2)16(11)15-17-13(3)9-6-10-14(17)4;1-3-2/h5-10H,1-4H3;/q+1;-1. The van der Waals surface area contributed by atoms with E-state index in [9.17, 15) is 0 Å². The monoisotopic (exact) mass is 626 g/mol. The normalized spacial score (nSPS) is 10.3. The molecule has 0 radical (unpaired) electrons. The SMILES string of the molecule is Br[I-]Br.Cc1cccc(C)[n+]1[I-][n+]1c(C)cccc1C. The van der Waals surface area contributed by atoms with E-state index in [-0.39, 0.29) is 38.5 Å². The first-order valence-corrected chi connectivity index (χ1v) is 17.6. The zero-order chi connectivity index (χ0) is 15.1. The second kappa shape index (κ2) is 9.68. The van der Waals surface area contributed by atoms with Crippen molar-refractivity contribution in [1.29, 1.82) is 0 Å². The quantitative estimate of drug-likeness (QED) is 0.326. The molecule has 0 amide bonds. The van der Waals surface area contributed by atoms with E-state index < -0.39 is 0 Å². The van der Waals surface area contributed by atoms with Gasteiger partial charge < -0.3 is 0 Å². The molecule has 2 nitrogen and oxygen atoms in total. The Morgan fingerprint density at radius 1 is 0.700 bits per heavy atom. The van der Waals surface area contributed by atoms with Gasteiger partial charge in [0.2, 0.25) is 0 Å². The number of pyridine rings is 2. The van der Waals surface area contributed by atoms with E-state index in [2.05, 4.69) is 95.0 Å². The Morgan fingerprint density at radius 2 is 0.950 bits per heavy atom. The van der Waals surface area contributed by atoms with Gasteiger partial charge in [-0.25, -0.2) is 0 Å². The Labute approximate surface area is 154 Å². The molecule has 0 N–H and O–H groups in total. The van der Waals surface area contributed by atoms with Crippen LogP contribution in [0.4, 0.5) is 0 Å². The number of hydrogen-bond acceptors (Lipinski definition) is 0. The van der Waals surface area contributed by atoms with Crippen LogP contribution in [0.15, 0.2) is 36.4 Å². The number of halogens is 4. The van der Waals surface area contributed by atoms with Crippen LogP contribution >= 0.6 is 25.4 Å². The van der Waals surface area contributed by atoms with Crippen molar-refractivity contribution >= 4 is 25.4 Å². The molecule has 2 rings (SSSR count). The molecule has 2 aromatic heterocycles. The molecule has 0 aromatic carbocycles. The summed E-state index contributed by atoms with van der Waals surface area (Å²) in [7, 11) is 0. The van der Waals surface area contributed by atoms with Crippen LogP contribution in [0.3, 0.4) is 0 Å². The fraction of sp³-hybridized carbons (Fsp3) is 0.286. The van der Waals surface area contributed by atoms with Crippen LogP contribution in [0.1, 0.15) is 22.8 Å². The van der Waals surface area contributed by atoms with Crippen LogP contribution in [0.2, 0.25) is 0 Å². The van der Waals surface area contributed by atoms with Crippen LogP contribution < -0.4 is 44.1 Å². The minimum atomic E-state index is -0.225. The summed E-state index contributed by atoms with van der Waals surface area (Å²) in [4.78, 5) is 0. The van der Waals surface area contributed by atoms with Gasteiger partial charge in [0.1, 0.15) is 0 Å². The zero-order valence-corrected chi connectivity index (χ0v) is 19.4. The molecule has 0 aliphatic rings. The number of aryl methyl sites for hydroxylation is 4. The molecule has 2 aromatic rings. The van der Waals surface area contributed by atoms with Crippen LogP contribution in [0.5, 0.6) is 0 Å². The first-order valence-electron chi connectivity index (χ1n) is 6.01. The average Bonchev–Trinajstić information content (AvgIpc) is 2.38. The summed E-state index contributed by atoms with van der Waals surface area (Å²) in [5.41, 5.74) is 5.36.